The van der Waals surface area contributed by atoms with Gasteiger partial charge in [0.15, 0.2) is 0 Å². The number of rotatable bonds is 5. The summed E-state index contributed by atoms with van der Waals surface area (Å²) in [6.07, 6.45) is 3.86. The third-order valence-electron chi connectivity index (χ3n) is 4.71. The molecule has 1 aromatic rings. The first-order valence-electron chi connectivity index (χ1n) is 7.91. The Balaban J connectivity index is 1.48. The van der Waals surface area contributed by atoms with Crippen molar-refractivity contribution in [2.75, 3.05) is 26.2 Å². The summed E-state index contributed by atoms with van der Waals surface area (Å²) >= 11 is 0. The zero-order valence-corrected chi connectivity index (χ0v) is 12.4. The van der Waals surface area contributed by atoms with Gasteiger partial charge in [0.25, 0.3) is 0 Å². The molecule has 2 N–H and O–H groups in total. The molecule has 1 aromatic carbocycles. The van der Waals surface area contributed by atoms with Gasteiger partial charge in [-0.2, -0.15) is 0 Å². The molecular formula is C17H24N2O2. The number of likely N-dealkylation sites (tertiary alicyclic amines) is 1. The van der Waals surface area contributed by atoms with E-state index in [-0.39, 0.29) is 17.4 Å². The van der Waals surface area contributed by atoms with Crippen molar-refractivity contribution in [3.63, 3.8) is 0 Å². The number of hydrogen-bond donors (Lipinski definition) is 2. The molecule has 1 amide bonds. The number of piperidine rings is 1. The van der Waals surface area contributed by atoms with Crippen molar-refractivity contribution >= 4 is 5.91 Å². The van der Waals surface area contributed by atoms with Gasteiger partial charge in [0.1, 0.15) is 0 Å². The van der Waals surface area contributed by atoms with E-state index in [0.717, 1.165) is 38.8 Å². The number of hydrogen-bond acceptors (Lipinski definition) is 3. The van der Waals surface area contributed by atoms with E-state index in [0.29, 0.717) is 13.1 Å². The molecular weight excluding hydrogens is 264 g/mol. The number of nitrogens with zero attached hydrogens (tertiary/aromatic N) is 1. The first kappa shape index (κ1) is 14.5. The summed E-state index contributed by atoms with van der Waals surface area (Å²) in [5.41, 5.74) is 1.50. The predicted molar refractivity (Wildman–Crippen MR) is 82.0 cm³/mol. The fourth-order valence-corrected chi connectivity index (χ4v) is 3.21. The molecule has 0 aromatic heterocycles. The lowest BCUT2D eigenvalue weighted by atomic mass is 9.96. The van der Waals surface area contributed by atoms with E-state index >= 15 is 0 Å². The Morgan fingerprint density at radius 3 is 2.76 bits per heavy atom. The van der Waals surface area contributed by atoms with Crippen LogP contribution in [-0.4, -0.2) is 48.2 Å². The molecule has 1 aliphatic carbocycles. The van der Waals surface area contributed by atoms with Gasteiger partial charge >= 0.3 is 0 Å². The predicted octanol–water partition coefficient (Wildman–Crippen LogP) is 1.29. The molecule has 2 fully saturated rings. The van der Waals surface area contributed by atoms with E-state index in [9.17, 15) is 9.90 Å². The highest BCUT2D eigenvalue weighted by molar-refractivity contribution is 5.78. The average Bonchev–Trinajstić information content (AvgIpc) is 3.27. The van der Waals surface area contributed by atoms with Crippen LogP contribution in [0.1, 0.15) is 31.2 Å². The average molecular weight is 288 g/mol. The molecule has 3 rings (SSSR count). The molecule has 21 heavy (non-hydrogen) atoms. The second-order valence-corrected chi connectivity index (χ2v) is 6.45. The van der Waals surface area contributed by atoms with Crippen LogP contribution in [0.4, 0.5) is 0 Å². The van der Waals surface area contributed by atoms with Crippen LogP contribution < -0.4 is 5.32 Å². The van der Waals surface area contributed by atoms with Crippen LogP contribution in [0.3, 0.4) is 0 Å². The first-order chi connectivity index (χ1) is 10.2. The Bertz CT molecular complexity index is 485. The SMILES string of the molecule is O=C(CN1CCCC(O)C1)NCC1(c2ccccc2)CC1. The van der Waals surface area contributed by atoms with E-state index in [1.54, 1.807) is 0 Å². The van der Waals surface area contributed by atoms with Crippen LogP contribution in [-0.2, 0) is 10.2 Å². The van der Waals surface area contributed by atoms with Gasteiger partial charge in [-0.25, -0.2) is 0 Å². The first-order valence-corrected chi connectivity index (χ1v) is 7.91. The van der Waals surface area contributed by atoms with E-state index in [4.69, 9.17) is 0 Å². The number of aliphatic hydroxyl groups excluding tert-OH is 1. The van der Waals surface area contributed by atoms with Crippen molar-refractivity contribution in [2.24, 2.45) is 0 Å². The Morgan fingerprint density at radius 1 is 1.33 bits per heavy atom. The third-order valence-corrected chi connectivity index (χ3v) is 4.71. The summed E-state index contributed by atoms with van der Waals surface area (Å²) in [7, 11) is 0. The smallest absolute Gasteiger partial charge is 0.234 e. The highest BCUT2D eigenvalue weighted by Gasteiger charge is 2.44. The highest BCUT2D eigenvalue weighted by atomic mass is 16.3. The van der Waals surface area contributed by atoms with Crippen LogP contribution in [0.2, 0.25) is 0 Å². The molecule has 1 heterocycles. The third kappa shape index (κ3) is 3.63. The van der Waals surface area contributed by atoms with Gasteiger partial charge in [-0.15, -0.1) is 0 Å². The summed E-state index contributed by atoms with van der Waals surface area (Å²) in [6.45, 7) is 2.67. The minimum absolute atomic E-state index is 0.0753. The largest absolute Gasteiger partial charge is 0.392 e. The standard InChI is InChI=1S/C17H24N2O2/c20-15-7-4-10-19(11-15)12-16(21)18-13-17(8-9-17)14-5-2-1-3-6-14/h1-3,5-6,15,20H,4,7-13H2,(H,18,21). The van der Waals surface area contributed by atoms with Gasteiger partial charge in [-0.1, -0.05) is 30.3 Å². The topological polar surface area (TPSA) is 52.6 Å². The highest BCUT2D eigenvalue weighted by Crippen LogP contribution is 2.47. The van der Waals surface area contributed by atoms with Gasteiger partial charge < -0.3 is 10.4 Å². The van der Waals surface area contributed by atoms with Crippen LogP contribution >= 0.6 is 0 Å². The maximum absolute atomic E-state index is 12.1. The number of benzene rings is 1. The summed E-state index contributed by atoms with van der Waals surface area (Å²) < 4.78 is 0. The molecule has 0 bridgehead atoms. The molecule has 1 saturated heterocycles. The molecule has 0 spiro atoms. The second-order valence-electron chi connectivity index (χ2n) is 6.45. The zero-order chi connectivity index (χ0) is 14.7. The van der Waals surface area contributed by atoms with Gasteiger partial charge in [-0.3, -0.25) is 9.69 Å². The normalized spacial score (nSPS) is 24.5. The Kier molecular flexibility index (Phi) is 4.27. The maximum atomic E-state index is 12.1. The Hall–Kier alpha value is -1.39. The van der Waals surface area contributed by atoms with Crippen LogP contribution in [0.15, 0.2) is 30.3 Å². The zero-order valence-electron chi connectivity index (χ0n) is 12.4. The second kappa shape index (κ2) is 6.16. The minimum Gasteiger partial charge on any atom is -0.392 e. The lowest BCUT2D eigenvalue weighted by Gasteiger charge is -2.29. The monoisotopic (exact) mass is 288 g/mol. The number of nitrogens with one attached hydrogen (secondary N) is 1. The van der Waals surface area contributed by atoms with Crippen molar-refractivity contribution < 1.29 is 9.90 Å². The van der Waals surface area contributed by atoms with E-state index in [1.807, 2.05) is 11.0 Å². The van der Waals surface area contributed by atoms with E-state index in [1.165, 1.54) is 5.56 Å². The van der Waals surface area contributed by atoms with Crippen LogP contribution in [0, 0.1) is 0 Å². The van der Waals surface area contributed by atoms with E-state index in [2.05, 4.69) is 29.6 Å². The maximum Gasteiger partial charge on any atom is 0.234 e. The number of β-amino-alcohol motifs (C(OH)–C–C–N with tert-alkyl or cyclic N) is 1. The summed E-state index contributed by atoms with van der Waals surface area (Å²) in [4.78, 5) is 14.1. The van der Waals surface area contributed by atoms with Crippen molar-refractivity contribution in [3.05, 3.63) is 35.9 Å². The van der Waals surface area contributed by atoms with Gasteiger partial charge in [0, 0.05) is 18.5 Å². The van der Waals surface area contributed by atoms with Crippen molar-refractivity contribution in [2.45, 2.75) is 37.2 Å². The molecule has 1 aliphatic heterocycles. The number of carbonyl (C=O) groups excluding carboxylic acids is 1. The van der Waals surface area contributed by atoms with Crippen LogP contribution in [0.25, 0.3) is 0 Å². The molecule has 1 saturated carbocycles. The lowest BCUT2D eigenvalue weighted by molar-refractivity contribution is -0.123. The van der Waals surface area contributed by atoms with Crippen molar-refractivity contribution in [3.8, 4) is 0 Å². The summed E-state index contributed by atoms with van der Waals surface area (Å²) in [5.74, 6) is 0.0753. The quantitative estimate of drug-likeness (QED) is 0.858. The number of carbonyl (C=O) groups is 1. The van der Waals surface area contributed by atoms with Crippen LogP contribution in [0.5, 0.6) is 0 Å². The molecule has 4 heteroatoms. The molecule has 1 atom stereocenters. The molecule has 0 radical (unpaired) electrons. The Morgan fingerprint density at radius 2 is 2.10 bits per heavy atom. The Labute approximate surface area is 126 Å². The lowest BCUT2D eigenvalue weighted by Crippen LogP contribution is -2.45. The molecule has 114 valence electrons. The van der Waals surface area contributed by atoms with E-state index < -0.39 is 0 Å². The summed E-state index contributed by atoms with van der Waals surface area (Å²) in [5, 5.41) is 12.7. The van der Waals surface area contributed by atoms with Crippen molar-refractivity contribution in [1.82, 2.24) is 10.2 Å². The fourth-order valence-electron chi connectivity index (χ4n) is 3.21. The number of amides is 1. The minimum atomic E-state index is -0.273. The van der Waals surface area contributed by atoms with Crippen molar-refractivity contribution in [1.29, 1.82) is 0 Å². The van der Waals surface area contributed by atoms with Gasteiger partial charge in [0.05, 0.1) is 12.6 Å². The molecule has 4 nitrogen and oxygen atoms in total. The van der Waals surface area contributed by atoms with Gasteiger partial charge in [-0.05, 0) is 37.8 Å². The summed E-state index contributed by atoms with van der Waals surface area (Å²) in [6, 6.07) is 10.5. The molecule has 2 aliphatic rings. The molecule has 1 unspecified atom stereocenters. The fraction of sp³-hybridized carbons (Fsp3) is 0.588. The van der Waals surface area contributed by atoms with Gasteiger partial charge in [0.2, 0.25) is 5.91 Å². The number of aliphatic hydroxyl groups is 1.